The van der Waals surface area contributed by atoms with E-state index in [0.717, 1.165) is 60.0 Å². The Morgan fingerprint density at radius 1 is 0.830 bits per heavy atom. The minimum absolute atomic E-state index is 0.0473. The van der Waals surface area contributed by atoms with E-state index in [0.29, 0.717) is 44.0 Å². The van der Waals surface area contributed by atoms with Crippen LogP contribution in [0.15, 0.2) is 121 Å². The highest BCUT2D eigenvalue weighted by molar-refractivity contribution is 5.78. The van der Waals surface area contributed by atoms with Crippen LogP contribution in [0.2, 0.25) is 0 Å². The number of anilines is 1. The van der Waals surface area contributed by atoms with Gasteiger partial charge in [0.2, 0.25) is 5.91 Å². The van der Waals surface area contributed by atoms with E-state index in [1.54, 1.807) is 26.4 Å². The maximum atomic E-state index is 14.8. The van der Waals surface area contributed by atoms with Crippen molar-refractivity contribution in [3.05, 3.63) is 161 Å². The number of amides is 1. The van der Waals surface area contributed by atoms with Gasteiger partial charge in [-0.3, -0.25) is 4.79 Å². The Labute approximate surface area is 314 Å². The molecule has 0 bridgehead atoms. The lowest BCUT2D eigenvalue weighted by atomic mass is 9.68. The van der Waals surface area contributed by atoms with Crippen LogP contribution in [0.25, 0.3) is 0 Å². The third-order valence-corrected chi connectivity index (χ3v) is 10.8. The Balaban J connectivity index is 1.42. The summed E-state index contributed by atoms with van der Waals surface area (Å²) in [4.78, 5) is 19.2. The number of methoxy groups -OCH3 is 2. The van der Waals surface area contributed by atoms with Gasteiger partial charge in [-0.1, -0.05) is 98.3 Å². The minimum atomic E-state index is -0.392. The maximum absolute atomic E-state index is 14.8. The van der Waals surface area contributed by atoms with Gasteiger partial charge in [0.1, 0.15) is 12.0 Å². The summed E-state index contributed by atoms with van der Waals surface area (Å²) in [6, 6.07) is 40.6. The summed E-state index contributed by atoms with van der Waals surface area (Å²) < 4.78 is 25.4. The van der Waals surface area contributed by atoms with Gasteiger partial charge in [0, 0.05) is 42.7 Å². The van der Waals surface area contributed by atoms with Crippen molar-refractivity contribution in [2.24, 2.45) is 5.73 Å². The average molecular weight is 714 g/mol. The largest absolute Gasteiger partial charge is 0.493 e. The van der Waals surface area contributed by atoms with Crippen molar-refractivity contribution >= 4 is 11.6 Å². The van der Waals surface area contributed by atoms with Crippen molar-refractivity contribution < 1.29 is 18.7 Å². The second-order valence-electron chi connectivity index (χ2n) is 14.0. The summed E-state index contributed by atoms with van der Waals surface area (Å²) in [5.41, 5.74) is 13.5. The molecule has 7 heteroatoms. The Bertz CT molecular complexity index is 1880. The van der Waals surface area contributed by atoms with Crippen LogP contribution < -0.4 is 20.1 Å². The molecule has 1 unspecified atom stereocenters. The van der Waals surface area contributed by atoms with Crippen molar-refractivity contribution in [2.75, 3.05) is 32.2 Å². The predicted molar refractivity (Wildman–Crippen MR) is 212 cm³/mol. The first kappa shape index (κ1) is 37.6. The fraction of sp³-hybridized carbons (Fsp3) is 0.326. The summed E-state index contributed by atoms with van der Waals surface area (Å²) in [5.74, 6) is 1.07. The molecule has 6 nitrogen and oxygen atoms in total. The molecule has 0 aliphatic carbocycles. The molecule has 0 radical (unpaired) electrons. The average Bonchev–Trinajstić information content (AvgIpc) is 3.21. The zero-order valence-electron chi connectivity index (χ0n) is 31.3. The lowest BCUT2D eigenvalue weighted by molar-refractivity contribution is -0.134. The van der Waals surface area contributed by atoms with Crippen molar-refractivity contribution in [2.45, 2.75) is 70.0 Å². The summed E-state index contributed by atoms with van der Waals surface area (Å²) in [7, 11) is 3.31. The molecule has 5 aromatic rings. The smallest absolute Gasteiger partial charge is 0.224 e. The van der Waals surface area contributed by atoms with Crippen molar-refractivity contribution in [3.8, 4) is 11.5 Å². The summed E-state index contributed by atoms with van der Waals surface area (Å²) in [5, 5.41) is 0. The molecule has 5 aromatic carbocycles. The molecular formula is C46H52FN3O3. The first-order valence-electron chi connectivity index (χ1n) is 18.9. The van der Waals surface area contributed by atoms with E-state index in [-0.39, 0.29) is 17.1 Å². The molecule has 2 N–H and O–H groups in total. The molecule has 1 aliphatic heterocycles. The van der Waals surface area contributed by atoms with E-state index in [1.165, 1.54) is 23.3 Å². The van der Waals surface area contributed by atoms with Gasteiger partial charge in [0.05, 0.1) is 14.2 Å². The number of hydrogen-bond donors (Lipinski definition) is 1. The van der Waals surface area contributed by atoms with Crippen molar-refractivity contribution in [3.63, 3.8) is 0 Å². The molecule has 1 atom stereocenters. The lowest BCUT2D eigenvalue weighted by Gasteiger charge is -2.46. The van der Waals surface area contributed by atoms with Gasteiger partial charge in [-0.2, -0.15) is 0 Å². The van der Waals surface area contributed by atoms with Crippen LogP contribution in [0.4, 0.5) is 10.1 Å². The molecule has 1 heterocycles. The molecule has 53 heavy (non-hydrogen) atoms. The molecule has 0 fully saturated rings. The third-order valence-electron chi connectivity index (χ3n) is 10.8. The van der Waals surface area contributed by atoms with Crippen LogP contribution in [0, 0.1) is 5.82 Å². The summed E-state index contributed by atoms with van der Waals surface area (Å²) >= 11 is 0. The molecule has 276 valence electrons. The second kappa shape index (κ2) is 17.6. The van der Waals surface area contributed by atoms with E-state index in [2.05, 4.69) is 114 Å². The highest BCUT2D eigenvalue weighted by Gasteiger charge is 2.38. The van der Waals surface area contributed by atoms with E-state index >= 15 is 0 Å². The summed E-state index contributed by atoms with van der Waals surface area (Å²) in [6.45, 7) is 3.97. The van der Waals surface area contributed by atoms with Gasteiger partial charge < -0.3 is 25.0 Å². The Kier molecular flexibility index (Phi) is 12.5. The number of benzene rings is 5. The number of nitrogens with two attached hydrogens (primary N) is 1. The molecular weight excluding hydrogens is 662 g/mol. The van der Waals surface area contributed by atoms with Crippen molar-refractivity contribution in [1.29, 1.82) is 0 Å². The number of aryl methyl sites for hydroxylation is 1. The Hall–Kier alpha value is -5.14. The van der Waals surface area contributed by atoms with Crippen LogP contribution in [0.1, 0.15) is 78.6 Å². The predicted octanol–water partition coefficient (Wildman–Crippen LogP) is 9.39. The normalized spacial score (nSPS) is 14.1. The van der Waals surface area contributed by atoms with Crippen LogP contribution in [-0.2, 0) is 29.6 Å². The molecule has 1 aliphatic rings. The summed E-state index contributed by atoms with van der Waals surface area (Å²) in [6.07, 6.45) is 4.86. The number of ether oxygens (including phenoxy) is 2. The van der Waals surface area contributed by atoms with Gasteiger partial charge in [-0.05, 0) is 96.3 Å². The number of halogens is 1. The standard InChI is InChI=1S/C46H52FN3O3/c1-4-27-46(37-12-7-5-8-13-37,38-14-9-6-10-15-38)28-11-29-50(44(51)25-20-34-16-21-39(47)22-17-34)45-41-32-43(53-3)42(52-2)31-36(41)26-30-49(45)40-23-18-35(33-48)19-24-40/h5-10,12-19,21-24,31-32,45H,4,11,20,25-30,33,48H2,1-3H3. The monoisotopic (exact) mass is 713 g/mol. The Morgan fingerprint density at radius 2 is 1.43 bits per heavy atom. The first-order chi connectivity index (χ1) is 25.9. The van der Waals surface area contributed by atoms with Gasteiger partial charge in [0.15, 0.2) is 11.5 Å². The van der Waals surface area contributed by atoms with Gasteiger partial charge in [-0.15, -0.1) is 0 Å². The van der Waals surface area contributed by atoms with E-state index < -0.39 is 6.17 Å². The quantitative estimate of drug-likeness (QED) is 0.110. The number of carbonyl (C=O) groups is 1. The fourth-order valence-corrected chi connectivity index (χ4v) is 8.15. The third kappa shape index (κ3) is 8.42. The molecule has 0 aromatic heterocycles. The molecule has 6 rings (SSSR count). The van der Waals surface area contributed by atoms with E-state index in [4.69, 9.17) is 15.2 Å². The topological polar surface area (TPSA) is 68.0 Å². The fourth-order valence-electron chi connectivity index (χ4n) is 8.15. The number of nitrogens with zero attached hydrogens (tertiary/aromatic N) is 2. The highest BCUT2D eigenvalue weighted by atomic mass is 19.1. The minimum Gasteiger partial charge on any atom is -0.493 e. The van der Waals surface area contributed by atoms with Crippen molar-refractivity contribution in [1.82, 2.24) is 4.90 Å². The molecule has 1 amide bonds. The van der Waals surface area contributed by atoms with Crippen LogP contribution in [0.3, 0.4) is 0 Å². The van der Waals surface area contributed by atoms with Gasteiger partial charge >= 0.3 is 0 Å². The van der Waals surface area contributed by atoms with E-state index in [9.17, 15) is 9.18 Å². The highest BCUT2D eigenvalue weighted by Crippen LogP contribution is 2.44. The molecule has 0 saturated heterocycles. The first-order valence-corrected chi connectivity index (χ1v) is 18.9. The van der Waals surface area contributed by atoms with Crippen LogP contribution in [-0.4, -0.2) is 38.1 Å². The molecule has 0 spiro atoms. The number of rotatable bonds is 16. The Morgan fingerprint density at radius 3 is 2.02 bits per heavy atom. The second-order valence-corrected chi connectivity index (χ2v) is 14.0. The zero-order valence-corrected chi connectivity index (χ0v) is 31.3. The van der Waals surface area contributed by atoms with Gasteiger partial charge in [0.25, 0.3) is 0 Å². The molecule has 0 saturated carbocycles. The van der Waals surface area contributed by atoms with Gasteiger partial charge in [-0.25, -0.2) is 4.39 Å². The zero-order chi connectivity index (χ0) is 37.2. The van der Waals surface area contributed by atoms with E-state index in [1.807, 2.05) is 0 Å². The van der Waals surface area contributed by atoms with Crippen LogP contribution in [0.5, 0.6) is 11.5 Å². The maximum Gasteiger partial charge on any atom is 0.224 e. The number of carbonyl (C=O) groups excluding carboxylic acids is 1. The number of hydrogen-bond acceptors (Lipinski definition) is 5. The van der Waals surface area contributed by atoms with Crippen LogP contribution >= 0.6 is 0 Å². The number of fused-ring (bicyclic) bond motifs is 1. The lowest BCUT2D eigenvalue weighted by Crippen LogP contribution is -2.49. The SMILES string of the molecule is CCCC(CCCN(C(=O)CCc1ccc(F)cc1)C1c2cc(OC)c(OC)cc2CCN1c1ccc(CN)cc1)(c1ccccc1)c1ccccc1.